The summed E-state index contributed by atoms with van der Waals surface area (Å²) in [4.78, 5) is 24.5. The molecule has 2 N–H and O–H groups in total. The fourth-order valence-electron chi connectivity index (χ4n) is 2.54. The SMILES string of the molecule is COc1ccccc1NC(=O)COc1ccc(/C=C2/SC(=S)NC2=O)cc1OC. The molecule has 1 aliphatic rings. The molecule has 3 rings (SSSR count). The van der Waals surface area contributed by atoms with Gasteiger partial charge in [-0.15, -0.1) is 0 Å². The molecule has 0 bridgehead atoms. The van der Waals surface area contributed by atoms with Crippen molar-refractivity contribution in [2.24, 2.45) is 0 Å². The Hall–Kier alpha value is -3.04. The number of para-hydroxylation sites is 2. The number of hydrogen-bond donors (Lipinski definition) is 2. The van der Waals surface area contributed by atoms with Crippen molar-refractivity contribution < 1.29 is 23.8 Å². The van der Waals surface area contributed by atoms with E-state index in [1.54, 1.807) is 42.5 Å². The van der Waals surface area contributed by atoms with Gasteiger partial charge in [0.1, 0.15) is 10.1 Å². The number of hydrogen-bond acceptors (Lipinski definition) is 7. The molecule has 1 heterocycles. The van der Waals surface area contributed by atoms with Crippen molar-refractivity contribution in [3.63, 3.8) is 0 Å². The van der Waals surface area contributed by atoms with Crippen molar-refractivity contribution in [2.45, 2.75) is 0 Å². The fourth-order valence-corrected chi connectivity index (χ4v) is 3.59. The van der Waals surface area contributed by atoms with Crippen LogP contribution in [-0.2, 0) is 9.59 Å². The molecule has 150 valence electrons. The number of thioether (sulfide) groups is 1. The van der Waals surface area contributed by atoms with E-state index < -0.39 is 0 Å². The number of rotatable bonds is 7. The number of carbonyl (C=O) groups excluding carboxylic acids is 2. The van der Waals surface area contributed by atoms with Crippen molar-refractivity contribution in [3.05, 3.63) is 52.9 Å². The van der Waals surface area contributed by atoms with Gasteiger partial charge in [-0.3, -0.25) is 9.59 Å². The molecule has 1 fully saturated rings. The first-order chi connectivity index (χ1) is 14.0. The third-order valence-corrected chi connectivity index (χ3v) is 5.03. The topological polar surface area (TPSA) is 85.9 Å². The highest BCUT2D eigenvalue weighted by Gasteiger charge is 2.22. The van der Waals surface area contributed by atoms with Gasteiger partial charge in [0.2, 0.25) is 0 Å². The van der Waals surface area contributed by atoms with Crippen LogP contribution >= 0.6 is 24.0 Å². The van der Waals surface area contributed by atoms with Gasteiger partial charge in [0, 0.05) is 0 Å². The molecule has 0 unspecified atom stereocenters. The van der Waals surface area contributed by atoms with Crippen LogP contribution < -0.4 is 24.8 Å². The van der Waals surface area contributed by atoms with Crippen LogP contribution in [0.15, 0.2) is 47.4 Å². The van der Waals surface area contributed by atoms with Crippen molar-refractivity contribution >= 4 is 51.9 Å². The first kappa shape index (κ1) is 20.7. The average molecular weight is 431 g/mol. The van der Waals surface area contributed by atoms with Crippen LogP contribution in [0.3, 0.4) is 0 Å². The molecule has 0 radical (unpaired) electrons. The van der Waals surface area contributed by atoms with Gasteiger partial charge in [-0.05, 0) is 35.9 Å². The van der Waals surface area contributed by atoms with Crippen molar-refractivity contribution in [1.29, 1.82) is 0 Å². The Kier molecular flexibility index (Phi) is 6.73. The van der Waals surface area contributed by atoms with Crippen molar-refractivity contribution in [2.75, 3.05) is 26.1 Å². The van der Waals surface area contributed by atoms with Gasteiger partial charge < -0.3 is 24.8 Å². The molecule has 0 aliphatic carbocycles. The Labute approximate surface area is 177 Å². The molecule has 2 amide bonds. The van der Waals surface area contributed by atoms with E-state index in [0.717, 1.165) is 5.56 Å². The van der Waals surface area contributed by atoms with Gasteiger partial charge in [-0.25, -0.2) is 0 Å². The zero-order valence-electron chi connectivity index (χ0n) is 15.7. The second kappa shape index (κ2) is 9.44. The third kappa shape index (κ3) is 5.27. The first-order valence-electron chi connectivity index (χ1n) is 8.48. The van der Waals surface area contributed by atoms with Crippen molar-refractivity contribution in [1.82, 2.24) is 5.32 Å². The quantitative estimate of drug-likeness (QED) is 0.515. The molecule has 0 atom stereocenters. The summed E-state index contributed by atoms with van der Waals surface area (Å²) in [5, 5.41) is 5.30. The predicted molar refractivity (Wildman–Crippen MR) is 116 cm³/mol. The molecular weight excluding hydrogens is 412 g/mol. The van der Waals surface area contributed by atoms with Gasteiger partial charge >= 0.3 is 0 Å². The minimum atomic E-state index is -0.338. The molecule has 0 saturated carbocycles. The average Bonchev–Trinajstić information content (AvgIpc) is 3.03. The summed E-state index contributed by atoms with van der Waals surface area (Å²) < 4.78 is 16.6. The smallest absolute Gasteiger partial charge is 0.263 e. The van der Waals surface area contributed by atoms with Gasteiger partial charge in [-0.1, -0.05) is 42.2 Å². The number of carbonyl (C=O) groups is 2. The largest absolute Gasteiger partial charge is 0.495 e. The molecule has 1 aliphatic heterocycles. The lowest BCUT2D eigenvalue weighted by Crippen LogP contribution is -2.20. The molecule has 7 nitrogen and oxygen atoms in total. The third-order valence-electron chi connectivity index (χ3n) is 3.87. The molecule has 2 aromatic carbocycles. The summed E-state index contributed by atoms with van der Waals surface area (Å²) in [5.41, 5.74) is 1.30. The van der Waals surface area contributed by atoms with Crippen LogP contribution in [0.25, 0.3) is 6.08 Å². The Morgan fingerprint density at radius 2 is 1.90 bits per heavy atom. The second-order valence-electron chi connectivity index (χ2n) is 5.80. The molecule has 0 spiro atoms. The standard InChI is InChI=1S/C20H18N2O5S2/c1-25-14-6-4-3-5-13(14)21-18(23)11-27-15-8-7-12(9-16(15)26-2)10-17-19(24)22-20(28)29-17/h3-10H,11H2,1-2H3,(H,21,23)(H,22,24,28)/b17-10+. The van der Waals surface area contributed by atoms with Gasteiger partial charge in [0.25, 0.3) is 11.8 Å². The van der Waals surface area contributed by atoms with Crippen LogP contribution in [-0.4, -0.2) is 37.0 Å². The van der Waals surface area contributed by atoms with Gasteiger partial charge in [0.05, 0.1) is 24.8 Å². The zero-order valence-corrected chi connectivity index (χ0v) is 17.3. The number of thiocarbonyl (C=S) groups is 1. The van der Waals surface area contributed by atoms with Crippen LogP contribution in [0.4, 0.5) is 5.69 Å². The van der Waals surface area contributed by atoms with E-state index in [9.17, 15) is 9.59 Å². The minimum Gasteiger partial charge on any atom is -0.495 e. The van der Waals surface area contributed by atoms with E-state index in [2.05, 4.69) is 10.6 Å². The normalized spacial score (nSPS) is 14.5. The molecular formula is C20H18N2O5S2. The Morgan fingerprint density at radius 3 is 2.59 bits per heavy atom. The molecule has 0 aromatic heterocycles. The van der Waals surface area contributed by atoms with Crippen LogP contribution in [0.1, 0.15) is 5.56 Å². The molecule has 9 heteroatoms. The Morgan fingerprint density at radius 1 is 1.14 bits per heavy atom. The lowest BCUT2D eigenvalue weighted by atomic mass is 10.2. The number of nitrogens with one attached hydrogen (secondary N) is 2. The first-order valence-corrected chi connectivity index (χ1v) is 9.71. The van der Waals surface area contributed by atoms with E-state index in [-0.39, 0.29) is 18.4 Å². The summed E-state index contributed by atoms with van der Waals surface area (Å²) in [5.74, 6) is 0.839. The maximum atomic E-state index is 12.2. The number of amides is 2. The number of anilines is 1. The lowest BCUT2D eigenvalue weighted by Gasteiger charge is -2.13. The highest BCUT2D eigenvalue weighted by atomic mass is 32.2. The predicted octanol–water partition coefficient (Wildman–Crippen LogP) is 3.21. The highest BCUT2D eigenvalue weighted by molar-refractivity contribution is 8.26. The highest BCUT2D eigenvalue weighted by Crippen LogP contribution is 2.31. The molecule has 1 saturated heterocycles. The minimum absolute atomic E-state index is 0.207. The van der Waals surface area contributed by atoms with E-state index in [4.69, 9.17) is 26.4 Å². The number of ether oxygens (including phenoxy) is 3. The van der Waals surface area contributed by atoms with Crippen LogP contribution in [0.2, 0.25) is 0 Å². The summed E-state index contributed by atoms with van der Waals surface area (Å²) >= 11 is 6.18. The maximum Gasteiger partial charge on any atom is 0.263 e. The molecule has 29 heavy (non-hydrogen) atoms. The monoisotopic (exact) mass is 430 g/mol. The summed E-state index contributed by atoms with van der Waals surface area (Å²) in [7, 11) is 3.03. The summed E-state index contributed by atoms with van der Waals surface area (Å²) in [6.45, 7) is -0.207. The second-order valence-corrected chi connectivity index (χ2v) is 7.52. The van der Waals surface area contributed by atoms with Crippen molar-refractivity contribution in [3.8, 4) is 17.2 Å². The van der Waals surface area contributed by atoms with Crippen LogP contribution in [0, 0.1) is 0 Å². The summed E-state index contributed by atoms with van der Waals surface area (Å²) in [6.07, 6.45) is 1.71. The van der Waals surface area contributed by atoms with E-state index in [1.807, 2.05) is 6.07 Å². The van der Waals surface area contributed by atoms with E-state index in [0.29, 0.717) is 32.2 Å². The van der Waals surface area contributed by atoms with Gasteiger partial charge in [0.15, 0.2) is 18.1 Å². The number of methoxy groups -OCH3 is 2. The Balaban J connectivity index is 1.66. The summed E-state index contributed by atoms with van der Waals surface area (Å²) in [6, 6.07) is 12.3. The van der Waals surface area contributed by atoms with E-state index in [1.165, 1.54) is 26.0 Å². The van der Waals surface area contributed by atoms with Gasteiger partial charge in [-0.2, -0.15) is 0 Å². The lowest BCUT2D eigenvalue weighted by molar-refractivity contribution is -0.118. The zero-order chi connectivity index (χ0) is 20.8. The Bertz CT molecular complexity index is 991. The molecule has 2 aromatic rings. The van der Waals surface area contributed by atoms with E-state index >= 15 is 0 Å². The number of benzene rings is 2. The maximum absolute atomic E-state index is 12.2. The van der Waals surface area contributed by atoms with Crippen LogP contribution in [0.5, 0.6) is 17.2 Å². The fraction of sp³-hybridized carbons (Fsp3) is 0.150.